The molecule has 1 aliphatic heterocycles. The third-order valence-electron chi connectivity index (χ3n) is 8.01. The number of aryl methyl sites for hydroxylation is 1. The fraction of sp³-hybridized carbons (Fsp3) is 0.515. The highest BCUT2D eigenvalue weighted by Crippen LogP contribution is 2.26. The van der Waals surface area contributed by atoms with E-state index in [1.807, 2.05) is 13.8 Å². The van der Waals surface area contributed by atoms with E-state index in [0.717, 1.165) is 5.69 Å². The van der Waals surface area contributed by atoms with E-state index in [1.54, 1.807) is 69.0 Å². The third kappa shape index (κ3) is 9.91. The van der Waals surface area contributed by atoms with Crippen molar-refractivity contribution in [1.29, 1.82) is 0 Å². The van der Waals surface area contributed by atoms with Gasteiger partial charge in [-0.25, -0.2) is 0 Å². The summed E-state index contributed by atoms with van der Waals surface area (Å²) in [6.45, 7) is 7.55. The molecular weight excluding hydrogens is 590 g/mol. The van der Waals surface area contributed by atoms with Crippen LogP contribution in [0, 0.1) is 17.8 Å². The van der Waals surface area contributed by atoms with Crippen molar-refractivity contribution in [1.82, 2.24) is 20.1 Å². The minimum atomic E-state index is -0.815. The molecule has 3 rings (SSSR count). The zero-order chi connectivity index (χ0) is 34.0. The molecule has 13 heteroatoms. The molecule has 0 radical (unpaired) electrons. The van der Waals surface area contributed by atoms with Gasteiger partial charge in [-0.3, -0.25) is 33.7 Å². The van der Waals surface area contributed by atoms with Crippen molar-refractivity contribution < 1.29 is 28.8 Å². The van der Waals surface area contributed by atoms with Crippen molar-refractivity contribution in [2.45, 2.75) is 65.8 Å². The predicted octanol–water partition coefficient (Wildman–Crippen LogP) is 3.11. The number of imide groups is 1. The van der Waals surface area contributed by atoms with E-state index in [1.165, 1.54) is 4.90 Å². The Hall–Kier alpha value is -4.68. The lowest BCUT2D eigenvalue weighted by Crippen LogP contribution is -2.51. The molecule has 0 bridgehead atoms. The second-order valence-corrected chi connectivity index (χ2v) is 12.3. The fourth-order valence-electron chi connectivity index (χ4n) is 5.22. The van der Waals surface area contributed by atoms with Gasteiger partial charge in [-0.2, -0.15) is 0 Å². The summed E-state index contributed by atoms with van der Waals surface area (Å²) in [6, 6.07) is 7.52. The summed E-state index contributed by atoms with van der Waals surface area (Å²) in [5, 5.41) is 13.8. The van der Waals surface area contributed by atoms with Gasteiger partial charge >= 0.3 is 0 Å². The number of carbonyl (C=O) groups excluding carboxylic acids is 6. The zero-order valence-corrected chi connectivity index (χ0v) is 27.6. The summed E-state index contributed by atoms with van der Waals surface area (Å²) >= 11 is 0. The number of nitrogens with zero attached hydrogens (tertiary/aromatic N) is 2. The molecule has 0 aliphatic carbocycles. The van der Waals surface area contributed by atoms with Crippen LogP contribution in [0.15, 0.2) is 36.5 Å². The number of unbranched alkanes of at least 4 members (excludes halogenated alkanes) is 2. The second kappa shape index (κ2) is 16.6. The van der Waals surface area contributed by atoms with Crippen molar-refractivity contribution in [3.8, 4) is 0 Å². The summed E-state index contributed by atoms with van der Waals surface area (Å²) in [7, 11) is 3.55. The molecule has 0 saturated carbocycles. The Kier molecular flexibility index (Phi) is 12.9. The minimum Gasteiger partial charge on any atom is -0.387 e. The molecule has 250 valence electrons. The predicted molar refractivity (Wildman–Crippen MR) is 176 cm³/mol. The van der Waals surface area contributed by atoms with Crippen molar-refractivity contribution in [2.75, 3.05) is 36.1 Å². The smallest absolute Gasteiger partial charge is 0.272 e. The van der Waals surface area contributed by atoms with Crippen molar-refractivity contribution >= 4 is 52.5 Å². The maximum Gasteiger partial charge on any atom is 0.272 e. The standard InChI is InChI=1S/C33H47N7O6/c1-20(2)25-17-29(43)40(33(25)46)15-9-7-8-10-27(41)38-30(21(3)4)32(45)35-18-28(42)36-22-11-13-23(14-12-22)37-31(44)26-16-24(34-5)19-39(26)6/h11-14,16,19-21,25,30,34H,7-10,15,17-18H2,1-6H3,(H,35,45)(H,36,42)(H,37,44)(H,38,41). The maximum atomic E-state index is 12.8. The molecule has 6 amide bonds. The first-order chi connectivity index (χ1) is 21.8. The maximum absolute atomic E-state index is 12.8. The molecule has 1 saturated heterocycles. The van der Waals surface area contributed by atoms with E-state index < -0.39 is 17.9 Å². The monoisotopic (exact) mass is 637 g/mol. The van der Waals surface area contributed by atoms with Gasteiger partial charge in [0.1, 0.15) is 11.7 Å². The summed E-state index contributed by atoms with van der Waals surface area (Å²) < 4.78 is 1.72. The van der Waals surface area contributed by atoms with Gasteiger partial charge in [0.25, 0.3) is 5.91 Å². The number of benzene rings is 1. The topological polar surface area (TPSA) is 171 Å². The lowest BCUT2D eigenvalue weighted by molar-refractivity contribution is -0.140. The van der Waals surface area contributed by atoms with Gasteiger partial charge in [0.2, 0.25) is 29.5 Å². The van der Waals surface area contributed by atoms with Crippen molar-refractivity contribution in [3.05, 3.63) is 42.2 Å². The van der Waals surface area contributed by atoms with Crippen LogP contribution in [0.1, 0.15) is 70.3 Å². The van der Waals surface area contributed by atoms with Crippen LogP contribution in [0.25, 0.3) is 0 Å². The molecule has 2 atom stereocenters. The van der Waals surface area contributed by atoms with Gasteiger partial charge in [-0.1, -0.05) is 34.1 Å². The quantitative estimate of drug-likeness (QED) is 0.139. The van der Waals surface area contributed by atoms with Crippen LogP contribution < -0.4 is 26.6 Å². The van der Waals surface area contributed by atoms with E-state index in [-0.39, 0.29) is 60.8 Å². The number of nitrogens with one attached hydrogen (secondary N) is 5. The van der Waals surface area contributed by atoms with Gasteiger partial charge in [-0.05, 0) is 55.0 Å². The average Bonchev–Trinajstić information content (AvgIpc) is 3.53. The number of hydrogen-bond donors (Lipinski definition) is 5. The molecule has 13 nitrogen and oxygen atoms in total. The molecule has 2 aromatic rings. The first-order valence-corrected chi connectivity index (χ1v) is 15.8. The molecule has 5 N–H and O–H groups in total. The number of rotatable bonds is 16. The molecule has 1 aliphatic rings. The molecule has 2 heterocycles. The number of aromatic nitrogens is 1. The lowest BCUT2D eigenvalue weighted by Gasteiger charge is -2.21. The highest BCUT2D eigenvalue weighted by Gasteiger charge is 2.39. The second-order valence-electron chi connectivity index (χ2n) is 12.3. The van der Waals surface area contributed by atoms with Crippen LogP contribution in [0.4, 0.5) is 17.1 Å². The van der Waals surface area contributed by atoms with Crippen LogP contribution in [-0.2, 0) is 31.0 Å². The van der Waals surface area contributed by atoms with E-state index in [0.29, 0.717) is 42.9 Å². The molecule has 1 aromatic carbocycles. The van der Waals surface area contributed by atoms with Gasteiger partial charge in [0.15, 0.2) is 0 Å². The summed E-state index contributed by atoms with van der Waals surface area (Å²) in [4.78, 5) is 76.4. The average molecular weight is 638 g/mol. The van der Waals surface area contributed by atoms with E-state index in [9.17, 15) is 28.8 Å². The molecule has 1 fully saturated rings. The van der Waals surface area contributed by atoms with Gasteiger partial charge in [-0.15, -0.1) is 0 Å². The number of carbonyl (C=O) groups is 6. The largest absolute Gasteiger partial charge is 0.387 e. The van der Waals surface area contributed by atoms with E-state index >= 15 is 0 Å². The highest BCUT2D eigenvalue weighted by molar-refractivity contribution is 6.04. The molecule has 2 unspecified atom stereocenters. The Balaban J connectivity index is 1.37. The SMILES string of the molecule is CNc1cc(C(=O)Nc2ccc(NC(=O)CNC(=O)C(NC(=O)CCCCCN3C(=O)CC(C(C)C)C3=O)C(C)C)cc2)n(C)c1. The van der Waals surface area contributed by atoms with Gasteiger partial charge in [0.05, 0.1) is 12.2 Å². The normalized spacial score (nSPS) is 15.2. The van der Waals surface area contributed by atoms with Gasteiger partial charge in [0, 0.05) is 57.0 Å². The van der Waals surface area contributed by atoms with Crippen molar-refractivity contribution in [2.24, 2.45) is 24.8 Å². The minimum absolute atomic E-state index is 0.108. The highest BCUT2D eigenvalue weighted by atomic mass is 16.2. The Morgan fingerprint density at radius 1 is 0.891 bits per heavy atom. The Morgan fingerprint density at radius 2 is 1.54 bits per heavy atom. The molecule has 1 aromatic heterocycles. The third-order valence-corrected chi connectivity index (χ3v) is 8.01. The Morgan fingerprint density at radius 3 is 2.11 bits per heavy atom. The van der Waals surface area contributed by atoms with Crippen LogP contribution in [0.3, 0.4) is 0 Å². The first-order valence-electron chi connectivity index (χ1n) is 15.8. The van der Waals surface area contributed by atoms with Gasteiger partial charge < -0.3 is 31.2 Å². The van der Waals surface area contributed by atoms with Crippen LogP contribution in [-0.4, -0.2) is 71.1 Å². The molecule has 46 heavy (non-hydrogen) atoms. The summed E-state index contributed by atoms with van der Waals surface area (Å²) in [5.74, 6) is -2.05. The number of anilines is 3. The van der Waals surface area contributed by atoms with E-state index in [2.05, 4.69) is 26.6 Å². The Labute approximate surface area is 270 Å². The number of amides is 6. The number of likely N-dealkylation sites (tertiary alicyclic amines) is 1. The number of hydrogen-bond acceptors (Lipinski definition) is 7. The summed E-state index contributed by atoms with van der Waals surface area (Å²) in [5.41, 5.74) is 2.34. The van der Waals surface area contributed by atoms with E-state index in [4.69, 9.17) is 0 Å². The first kappa shape index (κ1) is 35.8. The van der Waals surface area contributed by atoms with Crippen LogP contribution >= 0.6 is 0 Å². The summed E-state index contributed by atoms with van der Waals surface area (Å²) in [6.07, 6.45) is 4.10. The molecular formula is C33H47N7O6. The molecule has 0 spiro atoms. The van der Waals surface area contributed by atoms with Crippen LogP contribution in [0.2, 0.25) is 0 Å². The van der Waals surface area contributed by atoms with Crippen LogP contribution in [0.5, 0.6) is 0 Å². The fourth-order valence-corrected chi connectivity index (χ4v) is 5.22. The Bertz CT molecular complexity index is 1420. The lowest BCUT2D eigenvalue weighted by atomic mass is 9.94. The zero-order valence-electron chi connectivity index (χ0n) is 27.6. The van der Waals surface area contributed by atoms with Crippen molar-refractivity contribution in [3.63, 3.8) is 0 Å².